The number of benzene rings is 1. The lowest BCUT2D eigenvalue weighted by Crippen LogP contribution is -2.48. The second-order valence-corrected chi connectivity index (χ2v) is 3.74. The van der Waals surface area contributed by atoms with E-state index < -0.39 is 17.9 Å². The van der Waals surface area contributed by atoms with Crippen LogP contribution >= 0.6 is 0 Å². The molecule has 0 fully saturated rings. The van der Waals surface area contributed by atoms with Crippen molar-refractivity contribution < 1.29 is 14.7 Å². The number of amides is 1. The minimum absolute atomic E-state index is 0.491. The zero-order valence-corrected chi connectivity index (χ0v) is 10.1. The van der Waals surface area contributed by atoms with E-state index in [9.17, 15) is 9.59 Å². The summed E-state index contributed by atoms with van der Waals surface area (Å²) in [5, 5.41) is 11.4. The van der Waals surface area contributed by atoms with E-state index in [1.54, 1.807) is 19.2 Å². The molecule has 0 aliphatic carbocycles. The van der Waals surface area contributed by atoms with Crippen LogP contribution in [0.4, 0.5) is 5.69 Å². The predicted octanol–water partition coefficient (Wildman–Crippen LogP) is 0.630. The monoisotopic (exact) mass is 236 g/mol. The normalized spacial score (nSPS) is 11.9. The fourth-order valence-corrected chi connectivity index (χ4v) is 1.60. The molecule has 5 nitrogen and oxygen atoms in total. The Morgan fingerprint density at radius 2 is 1.94 bits per heavy atom. The molecule has 2 N–H and O–H groups in total. The number of para-hydroxylation sites is 1. The number of hydrogen-bond acceptors (Lipinski definition) is 3. The molecule has 1 rings (SSSR count). The first-order valence-electron chi connectivity index (χ1n) is 5.22. The quantitative estimate of drug-likeness (QED) is 0.752. The Balaban J connectivity index is 2.97. The van der Waals surface area contributed by atoms with Crippen LogP contribution in [0.25, 0.3) is 0 Å². The van der Waals surface area contributed by atoms with Crippen molar-refractivity contribution in [2.45, 2.75) is 13.0 Å². The molecule has 1 aromatic rings. The SMILES string of the molecule is CNC(C(=O)O)C(=O)N(C)c1ccccc1C. The maximum atomic E-state index is 12.0. The van der Waals surface area contributed by atoms with Crippen molar-refractivity contribution in [3.05, 3.63) is 29.8 Å². The fraction of sp³-hybridized carbons (Fsp3) is 0.333. The molecule has 1 aromatic carbocycles. The van der Waals surface area contributed by atoms with Crippen LogP contribution in [0.2, 0.25) is 0 Å². The summed E-state index contributed by atoms with van der Waals surface area (Å²) in [6.45, 7) is 1.87. The van der Waals surface area contributed by atoms with Gasteiger partial charge in [-0.05, 0) is 25.6 Å². The van der Waals surface area contributed by atoms with E-state index in [-0.39, 0.29) is 0 Å². The van der Waals surface area contributed by atoms with Gasteiger partial charge in [0.25, 0.3) is 5.91 Å². The summed E-state index contributed by atoms with van der Waals surface area (Å²) in [4.78, 5) is 24.2. The number of carbonyl (C=O) groups excluding carboxylic acids is 1. The van der Waals surface area contributed by atoms with Gasteiger partial charge in [0, 0.05) is 12.7 Å². The van der Waals surface area contributed by atoms with Crippen LogP contribution < -0.4 is 10.2 Å². The molecule has 1 amide bonds. The first-order chi connectivity index (χ1) is 7.99. The number of likely N-dealkylation sites (N-methyl/N-ethyl adjacent to an activating group) is 2. The Bertz CT molecular complexity index is 432. The first kappa shape index (κ1) is 13.2. The zero-order chi connectivity index (χ0) is 13.0. The van der Waals surface area contributed by atoms with Crippen molar-refractivity contribution in [1.29, 1.82) is 0 Å². The third-order valence-corrected chi connectivity index (χ3v) is 2.59. The number of aryl methyl sites for hydroxylation is 1. The van der Waals surface area contributed by atoms with Gasteiger partial charge in [0.1, 0.15) is 0 Å². The summed E-state index contributed by atoms with van der Waals surface area (Å²) < 4.78 is 0. The van der Waals surface area contributed by atoms with Crippen LogP contribution in [0.15, 0.2) is 24.3 Å². The smallest absolute Gasteiger partial charge is 0.330 e. The van der Waals surface area contributed by atoms with E-state index in [1.165, 1.54) is 11.9 Å². The lowest BCUT2D eigenvalue weighted by atomic mass is 10.1. The zero-order valence-electron chi connectivity index (χ0n) is 10.1. The fourth-order valence-electron chi connectivity index (χ4n) is 1.60. The molecule has 0 aliphatic heterocycles. The molecule has 17 heavy (non-hydrogen) atoms. The lowest BCUT2D eigenvalue weighted by molar-refractivity contribution is -0.143. The van der Waals surface area contributed by atoms with Crippen LogP contribution in [0.1, 0.15) is 5.56 Å². The summed E-state index contributed by atoms with van der Waals surface area (Å²) in [7, 11) is 3.01. The number of nitrogens with zero attached hydrogens (tertiary/aromatic N) is 1. The summed E-state index contributed by atoms with van der Waals surface area (Å²) in [5.41, 5.74) is 1.63. The molecule has 0 aliphatic rings. The third kappa shape index (κ3) is 2.82. The van der Waals surface area contributed by atoms with E-state index in [0.717, 1.165) is 5.56 Å². The van der Waals surface area contributed by atoms with Gasteiger partial charge in [0.05, 0.1) is 0 Å². The van der Waals surface area contributed by atoms with Crippen LogP contribution in [0.3, 0.4) is 0 Å². The highest BCUT2D eigenvalue weighted by atomic mass is 16.4. The number of carboxylic acid groups (broad SMARTS) is 1. The van der Waals surface area contributed by atoms with Gasteiger partial charge in [-0.15, -0.1) is 0 Å². The Hall–Kier alpha value is -1.88. The Kier molecular flexibility index (Phi) is 4.23. The van der Waals surface area contributed by atoms with Crippen molar-refractivity contribution in [2.75, 3.05) is 19.0 Å². The van der Waals surface area contributed by atoms with Crippen LogP contribution in [0.5, 0.6) is 0 Å². The standard InChI is InChI=1S/C12H16N2O3/c1-8-6-4-5-7-9(8)14(3)11(15)10(13-2)12(16)17/h4-7,10,13H,1-3H3,(H,16,17). The van der Waals surface area contributed by atoms with Crippen molar-refractivity contribution in [2.24, 2.45) is 0 Å². The predicted molar refractivity (Wildman–Crippen MR) is 65.1 cm³/mol. The third-order valence-electron chi connectivity index (χ3n) is 2.59. The molecule has 0 aromatic heterocycles. The molecule has 0 spiro atoms. The van der Waals surface area contributed by atoms with E-state index in [4.69, 9.17) is 5.11 Å². The molecule has 0 saturated heterocycles. The second kappa shape index (κ2) is 5.45. The number of rotatable bonds is 4. The van der Waals surface area contributed by atoms with Crippen molar-refractivity contribution in [3.63, 3.8) is 0 Å². The van der Waals surface area contributed by atoms with Crippen LogP contribution in [-0.4, -0.2) is 37.1 Å². The molecule has 0 radical (unpaired) electrons. The highest BCUT2D eigenvalue weighted by Crippen LogP contribution is 2.18. The van der Waals surface area contributed by atoms with E-state index in [0.29, 0.717) is 5.69 Å². The minimum atomic E-state index is -1.22. The van der Waals surface area contributed by atoms with Crippen LogP contribution in [-0.2, 0) is 9.59 Å². The number of carboxylic acids is 1. The summed E-state index contributed by atoms with van der Waals surface area (Å²) in [6, 6.07) is 6.10. The van der Waals surface area contributed by atoms with Gasteiger partial charge in [-0.25, -0.2) is 4.79 Å². The highest BCUT2D eigenvalue weighted by molar-refractivity contribution is 6.09. The second-order valence-electron chi connectivity index (χ2n) is 3.74. The van der Waals surface area contributed by atoms with E-state index >= 15 is 0 Å². The number of hydrogen-bond donors (Lipinski definition) is 2. The molecule has 5 heteroatoms. The van der Waals surface area contributed by atoms with Gasteiger partial charge in [0.15, 0.2) is 6.04 Å². The molecular weight excluding hydrogens is 220 g/mol. The summed E-state index contributed by atoms with van der Waals surface area (Å²) >= 11 is 0. The molecule has 92 valence electrons. The number of nitrogens with one attached hydrogen (secondary N) is 1. The average Bonchev–Trinajstić information content (AvgIpc) is 2.29. The summed E-state index contributed by atoms with van der Waals surface area (Å²) in [6.07, 6.45) is 0. The Labute approximate surface area is 100 Å². The van der Waals surface area contributed by atoms with Crippen molar-refractivity contribution >= 4 is 17.6 Å². The molecule has 1 unspecified atom stereocenters. The number of aliphatic carboxylic acids is 1. The molecule has 0 saturated carbocycles. The van der Waals surface area contributed by atoms with Crippen molar-refractivity contribution in [1.82, 2.24) is 5.32 Å². The van der Waals surface area contributed by atoms with Gasteiger partial charge >= 0.3 is 5.97 Å². The maximum absolute atomic E-state index is 12.0. The van der Waals surface area contributed by atoms with E-state index in [1.807, 2.05) is 19.1 Å². The van der Waals surface area contributed by atoms with Gasteiger partial charge in [-0.3, -0.25) is 10.1 Å². The molecule has 0 heterocycles. The highest BCUT2D eigenvalue weighted by Gasteiger charge is 2.28. The first-order valence-corrected chi connectivity index (χ1v) is 5.22. The van der Waals surface area contributed by atoms with Gasteiger partial charge in [-0.1, -0.05) is 18.2 Å². The number of carbonyl (C=O) groups is 2. The number of anilines is 1. The van der Waals surface area contributed by atoms with Gasteiger partial charge < -0.3 is 10.0 Å². The van der Waals surface area contributed by atoms with Gasteiger partial charge in [0.2, 0.25) is 0 Å². The van der Waals surface area contributed by atoms with Crippen LogP contribution in [0, 0.1) is 6.92 Å². The summed E-state index contributed by atoms with van der Waals surface area (Å²) in [5.74, 6) is -1.67. The van der Waals surface area contributed by atoms with Gasteiger partial charge in [-0.2, -0.15) is 0 Å². The molecule has 1 atom stereocenters. The van der Waals surface area contributed by atoms with Crippen molar-refractivity contribution in [3.8, 4) is 0 Å². The minimum Gasteiger partial charge on any atom is -0.480 e. The topological polar surface area (TPSA) is 69.6 Å². The maximum Gasteiger partial charge on any atom is 0.330 e. The average molecular weight is 236 g/mol. The largest absolute Gasteiger partial charge is 0.480 e. The van der Waals surface area contributed by atoms with E-state index in [2.05, 4.69) is 5.32 Å². The molecule has 0 bridgehead atoms. The Morgan fingerprint density at radius 1 is 1.35 bits per heavy atom. The Morgan fingerprint density at radius 3 is 2.41 bits per heavy atom. The molecular formula is C12H16N2O3. The lowest BCUT2D eigenvalue weighted by Gasteiger charge is -2.22.